The Bertz CT molecular complexity index is 808. The van der Waals surface area contributed by atoms with E-state index in [9.17, 15) is 9.59 Å². The summed E-state index contributed by atoms with van der Waals surface area (Å²) in [6.07, 6.45) is 1.18. The summed E-state index contributed by atoms with van der Waals surface area (Å²) in [5.41, 5.74) is 0.603. The maximum atomic E-state index is 12.5. The van der Waals surface area contributed by atoms with Gasteiger partial charge in [-0.2, -0.15) is 0 Å². The molecule has 2 heterocycles. The largest absolute Gasteiger partial charge is 0.341 e. The SMILES string of the molecule is CC1CC(C)CN(C(=O)CSc2nc3ccccc3c(=O)n2C)C1. The number of piperidine rings is 1. The molecule has 0 aliphatic carbocycles. The van der Waals surface area contributed by atoms with Gasteiger partial charge in [-0.15, -0.1) is 0 Å². The van der Waals surface area contributed by atoms with Gasteiger partial charge in [0.15, 0.2) is 5.16 Å². The molecule has 6 heteroatoms. The van der Waals surface area contributed by atoms with Gasteiger partial charge in [-0.25, -0.2) is 4.98 Å². The van der Waals surface area contributed by atoms with Crippen LogP contribution in [0.4, 0.5) is 0 Å². The normalized spacial score (nSPS) is 21.2. The van der Waals surface area contributed by atoms with E-state index >= 15 is 0 Å². The van der Waals surface area contributed by atoms with Crippen molar-refractivity contribution in [3.8, 4) is 0 Å². The molecule has 1 aliphatic rings. The minimum absolute atomic E-state index is 0.0734. The molecular formula is C18H23N3O2S. The number of thioether (sulfide) groups is 1. The fourth-order valence-electron chi connectivity index (χ4n) is 3.41. The average Bonchev–Trinajstić information content (AvgIpc) is 2.55. The monoisotopic (exact) mass is 345 g/mol. The van der Waals surface area contributed by atoms with Gasteiger partial charge in [0.1, 0.15) is 0 Å². The van der Waals surface area contributed by atoms with Gasteiger partial charge in [-0.3, -0.25) is 14.2 Å². The predicted octanol–water partition coefficient (Wildman–Crippen LogP) is 2.53. The number of rotatable bonds is 3. The third-order valence-electron chi connectivity index (χ3n) is 4.49. The Morgan fingerprint density at radius 2 is 1.92 bits per heavy atom. The molecule has 0 bridgehead atoms. The van der Waals surface area contributed by atoms with Gasteiger partial charge in [-0.05, 0) is 30.4 Å². The second-order valence-electron chi connectivity index (χ2n) is 6.81. The van der Waals surface area contributed by atoms with Crippen LogP contribution in [0.1, 0.15) is 20.3 Å². The number of para-hydroxylation sites is 1. The van der Waals surface area contributed by atoms with Crippen LogP contribution in [0.5, 0.6) is 0 Å². The average molecular weight is 345 g/mol. The maximum Gasteiger partial charge on any atom is 0.261 e. The van der Waals surface area contributed by atoms with Crippen molar-refractivity contribution in [3.05, 3.63) is 34.6 Å². The standard InChI is InChI=1S/C18H23N3O2S/c1-12-8-13(2)10-21(9-12)16(22)11-24-18-19-15-7-5-4-6-14(15)17(23)20(18)3/h4-7,12-13H,8-11H2,1-3H3. The Labute approximate surface area is 146 Å². The first kappa shape index (κ1) is 17.0. The van der Waals surface area contributed by atoms with E-state index in [-0.39, 0.29) is 11.5 Å². The van der Waals surface area contributed by atoms with Gasteiger partial charge >= 0.3 is 0 Å². The highest BCUT2D eigenvalue weighted by molar-refractivity contribution is 7.99. The van der Waals surface area contributed by atoms with Crippen LogP contribution < -0.4 is 5.56 Å². The van der Waals surface area contributed by atoms with Crippen LogP contribution in [0.25, 0.3) is 10.9 Å². The molecule has 3 rings (SSSR count). The molecule has 0 radical (unpaired) electrons. The summed E-state index contributed by atoms with van der Waals surface area (Å²) in [6.45, 7) is 6.04. The molecule has 1 fully saturated rings. The zero-order chi connectivity index (χ0) is 17.3. The van der Waals surface area contributed by atoms with Crippen molar-refractivity contribution in [2.45, 2.75) is 25.4 Å². The Morgan fingerprint density at radius 3 is 2.62 bits per heavy atom. The van der Waals surface area contributed by atoms with Crippen LogP contribution in [0.3, 0.4) is 0 Å². The molecule has 0 saturated carbocycles. The van der Waals surface area contributed by atoms with Crippen molar-refractivity contribution >= 4 is 28.6 Å². The van der Waals surface area contributed by atoms with Gasteiger partial charge in [-0.1, -0.05) is 37.7 Å². The number of aromatic nitrogens is 2. The zero-order valence-electron chi connectivity index (χ0n) is 14.4. The Morgan fingerprint density at radius 1 is 1.25 bits per heavy atom. The molecule has 5 nitrogen and oxygen atoms in total. The summed E-state index contributed by atoms with van der Waals surface area (Å²) in [6, 6.07) is 7.31. The quantitative estimate of drug-likeness (QED) is 0.634. The summed E-state index contributed by atoms with van der Waals surface area (Å²) < 4.78 is 1.53. The molecule has 2 unspecified atom stereocenters. The van der Waals surface area contributed by atoms with Gasteiger partial charge in [0, 0.05) is 20.1 Å². The minimum atomic E-state index is -0.0734. The first-order valence-electron chi connectivity index (χ1n) is 8.32. The molecule has 128 valence electrons. The minimum Gasteiger partial charge on any atom is -0.341 e. The van der Waals surface area contributed by atoms with E-state index in [1.165, 1.54) is 22.7 Å². The highest BCUT2D eigenvalue weighted by Crippen LogP contribution is 2.23. The van der Waals surface area contributed by atoms with Crippen LogP contribution in [-0.4, -0.2) is 39.2 Å². The van der Waals surface area contributed by atoms with Crippen LogP contribution in [0.15, 0.2) is 34.2 Å². The molecule has 1 saturated heterocycles. The maximum absolute atomic E-state index is 12.5. The molecular weight excluding hydrogens is 322 g/mol. The first-order valence-corrected chi connectivity index (χ1v) is 9.30. The van der Waals surface area contributed by atoms with Gasteiger partial charge in [0.05, 0.1) is 16.7 Å². The number of amides is 1. The number of hydrogen-bond acceptors (Lipinski definition) is 4. The van der Waals surface area contributed by atoms with Crippen LogP contribution in [0, 0.1) is 11.8 Å². The number of benzene rings is 1. The summed E-state index contributed by atoms with van der Waals surface area (Å²) in [5.74, 6) is 1.54. The highest BCUT2D eigenvalue weighted by atomic mass is 32.2. The molecule has 2 aromatic rings. The molecule has 1 aliphatic heterocycles. The summed E-state index contributed by atoms with van der Waals surface area (Å²) in [4.78, 5) is 31.4. The zero-order valence-corrected chi connectivity index (χ0v) is 15.2. The third kappa shape index (κ3) is 3.48. The van der Waals surface area contributed by atoms with E-state index in [1.54, 1.807) is 13.1 Å². The van der Waals surface area contributed by atoms with E-state index in [0.29, 0.717) is 33.6 Å². The van der Waals surface area contributed by atoms with E-state index in [1.807, 2.05) is 23.1 Å². The number of fused-ring (bicyclic) bond motifs is 1. The first-order chi connectivity index (χ1) is 11.5. The topological polar surface area (TPSA) is 55.2 Å². The lowest BCUT2D eigenvalue weighted by atomic mass is 9.92. The van der Waals surface area contributed by atoms with E-state index in [0.717, 1.165) is 13.1 Å². The van der Waals surface area contributed by atoms with Crippen molar-refractivity contribution in [1.29, 1.82) is 0 Å². The van der Waals surface area contributed by atoms with Crippen LogP contribution >= 0.6 is 11.8 Å². The lowest BCUT2D eigenvalue weighted by Crippen LogP contribution is -2.43. The second-order valence-corrected chi connectivity index (χ2v) is 7.75. The molecule has 0 N–H and O–H groups in total. The number of likely N-dealkylation sites (tertiary alicyclic amines) is 1. The molecule has 1 aromatic carbocycles. The van der Waals surface area contributed by atoms with E-state index in [2.05, 4.69) is 18.8 Å². The highest BCUT2D eigenvalue weighted by Gasteiger charge is 2.25. The molecule has 2 atom stereocenters. The van der Waals surface area contributed by atoms with Gasteiger partial charge < -0.3 is 4.90 Å². The van der Waals surface area contributed by atoms with Crippen molar-refractivity contribution in [1.82, 2.24) is 14.5 Å². The van der Waals surface area contributed by atoms with E-state index in [4.69, 9.17) is 0 Å². The number of nitrogens with zero attached hydrogens (tertiary/aromatic N) is 3. The van der Waals surface area contributed by atoms with Crippen LogP contribution in [-0.2, 0) is 11.8 Å². The van der Waals surface area contributed by atoms with Gasteiger partial charge in [0.2, 0.25) is 5.91 Å². The Kier molecular flexibility index (Phi) is 4.94. The van der Waals surface area contributed by atoms with E-state index < -0.39 is 0 Å². The van der Waals surface area contributed by atoms with Crippen molar-refractivity contribution < 1.29 is 4.79 Å². The smallest absolute Gasteiger partial charge is 0.261 e. The number of carbonyl (C=O) groups excluding carboxylic acids is 1. The number of carbonyl (C=O) groups is 1. The van der Waals surface area contributed by atoms with Gasteiger partial charge in [0.25, 0.3) is 5.56 Å². The fourth-order valence-corrected chi connectivity index (χ4v) is 4.29. The third-order valence-corrected chi connectivity index (χ3v) is 5.50. The lowest BCUT2D eigenvalue weighted by molar-refractivity contribution is -0.130. The van der Waals surface area contributed by atoms with Crippen molar-refractivity contribution in [2.75, 3.05) is 18.8 Å². The molecule has 0 spiro atoms. The molecule has 1 aromatic heterocycles. The Balaban J connectivity index is 1.75. The Hall–Kier alpha value is -1.82. The molecule has 1 amide bonds. The summed E-state index contributed by atoms with van der Waals surface area (Å²) in [7, 11) is 1.71. The lowest BCUT2D eigenvalue weighted by Gasteiger charge is -2.35. The van der Waals surface area contributed by atoms with Crippen molar-refractivity contribution in [3.63, 3.8) is 0 Å². The van der Waals surface area contributed by atoms with Crippen LogP contribution in [0.2, 0.25) is 0 Å². The molecule has 24 heavy (non-hydrogen) atoms. The number of hydrogen-bond donors (Lipinski definition) is 0. The second kappa shape index (κ2) is 6.97. The van der Waals surface area contributed by atoms with Crippen molar-refractivity contribution in [2.24, 2.45) is 18.9 Å². The summed E-state index contributed by atoms with van der Waals surface area (Å²) in [5, 5.41) is 1.19. The summed E-state index contributed by atoms with van der Waals surface area (Å²) >= 11 is 1.34. The fraction of sp³-hybridized carbons (Fsp3) is 0.500. The predicted molar refractivity (Wildman–Crippen MR) is 97.2 cm³/mol.